The van der Waals surface area contributed by atoms with Gasteiger partial charge in [0.25, 0.3) is 0 Å². The lowest BCUT2D eigenvalue weighted by atomic mass is 9.82. The van der Waals surface area contributed by atoms with Crippen LogP contribution in [0.1, 0.15) is 30.9 Å². The van der Waals surface area contributed by atoms with Crippen molar-refractivity contribution in [3.63, 3.8) is 0 Å². The molecule has 4 nitrogen and oxygen atoms in total. The molecule has 0 unspecified atom stereocenters. The Bertz CT molecular complexity index is 701. The van der Waals surface area contributed by atoms with Gasteiger partial charge in [-0.15, -0.1) is 6.58 Å². The van der Waals surface area contributed by atoms with E-state index >= 15 is 0 Å². The molecule has 0 radical (unpaired) electrons. The van der Waals surface area contributed by atoms with Gasteiger partial charge in [0.15, 0.2) is 0 Å². The molecule has 0 spiro atoms. The lowest BCUT2D eigenvalue weighted by molar-refractivity contribution is 0.147. The number of piperidine rings is 1. The first-order chi connectivity index (χ1) is 11.7. The Balaban J connectivity index is 1.76. The van der Waals surface area contributed by atoms with Gasteiger partial charge in [-0.05, 0) is 67.5 Å². The minimum atomic E-state index is -0.483. The fraction of sp³-hybridized carbons (Fsp3) is 0.450. The SMILES string of the molecule is C=C[C@H]1CNCC[C@H]1CC[C@@H](O)c1ccnc2ccc(OC)cc12. The van der Waals surface area contributed by atoms with Crippen molar-refractivity contribution in [1.29, 1.82) is 0 Å². The molecule has 4 heteroatoms. The molecule has 3 rings (SSSR count). The highest BCUT2D eigenvalue weighted by Crippen LogP contribution is 2.32. The van der Waals surface area contributed by atoms with Gasteiger partial charge in [-0.2, -0.15) is 0 Å². The van der Waals surface area contributed by atoms with Crippen LogP contribution in [0, 0.1) is 11.8 Å². The van der Waals surface area contributed by atoms with E-state index < -0.39 is 6.10 Å². The second-order valence-electron chi connectivity index (χ2n) is 6.53. The number of fused-ring (bicyclic) bond motifs is 1. The molecule has 1 aromatic heterocycles. The minimum absolute atomic E-state index is 0.483. The zero-order valence-corrected chi connectivity index (χ0v) is 14.2. The number of methoxy groups -OCH3 is 1. The number of hydrogen-bond donors (Lipinski definition) is 2. The van der Waals surface area contributed by atoms with Crippen LogP contribution in [-0.4, -0.2) is 30.3 Å². The van der Waals surface area contributed by atoms with Crippen LogP contribution in [-0.2, 0) is 0 Å². The molecule has 1 aromatic carbocycles. The van der Waals surface area contributed by atoms with E-state index in [1.807, 2.05) is 24.3 Å². The maximum absolute atomic E-state index is 10.8. The van der Waals surface area contributed by atoms with Gasteiger partial charge in [0.2, 0.25) is 0 Å². The fourth-order valence-corrected chi connectivity index (χ4v) is 3.66. The van der Waals surface area contributed by atoms with Crippen molar-refractivity contribution in [3.05, 3.63) is 48.7 Å². The Morgan fingerprint density at radius 1 is 1.46 bits per heavy atom. The summed E-state index contributed by atoms with van der Waals surface area (Å²) in [5.41, 5.74) is 1.82. The molecule has 2 heterocycles. The molecule has 0 bridgehead atoms. The van der Waals surface area contributed by atoms with Crippen LogP contribution in [0.25, 0.3) is 10.9 Å². The van der Waals surface area contributed by atoms with Crippen molar-refractivity contribution >= 4 is 10.9 Å². The maximum Gasteiger partial charge on any atom is 0.119 e. The minimum Gasteiger partial charge on any atom is -0.497 e. The summed E-state index contributed by atoms with van der Waals surface area (Å²) in [6, 6.07) is 7.71. The summed E-state index contributed by atoms with van der Waals surface area (Å²) in [4.78, 5) is 4.39. The summed E-state index contributed by atoms with van der Waals surface area (Å²) in [5.74, 6) is 1.88. The van der Waals surface area contributed by atoms with E-state index in [1.165, 1.54) is 0 Å². The van der Waals surface area contributed by atoms with Crippen molar-refractivity contribution in [3.8, 4) is 5.75 Å². The van der Waals surface area contributed by atoms with E-state index in [-0.39, 0.29) is 0 Å². The third-order valence-electron chi connectivity index (χ3n) is 5.13. The molecule has 24 heavy (non-hydrogen) atoms. The predicted octanol–water partition coefficient (Wildman–Crippen LogP) is 3.47. The van der Waals surface area contributed by atoms with Crippen LogP contribution in [0.4, 0.5) is 0 Å². The molecule has 1 aliphatic rings. The monoisotopic (exact) mass is 326 g/mol. The number of aliphatic hydroxyl groups is 1. The van der Waals surface area contributed by atoms with Gasteiger partial charge in [-0.1, -0.05) is 6.08 Å². The molecular formula is C20H26N2O2. The van der Waals surface area contributed by atoms with Gasteiger partial charge in [0.1, 0.15) is 5.75 Å². The molecule has 2 aromatic rings. The summed E-state index contributed by atoms with van der Waals surface area (Å²) in [7, 11) is 1.65. The standard InChI is InChI=1S/C20H26N2O2/c1-3-14-13-21-10-8-15(14)4-7-20(23)17-9-11-22-19-6-5-16(24-2)12-18(17)19/h3,5-6,9,11-12,14-15,20-21,23H,1,4,7-8,10,13H2,2H3/t14-,15+,20+/m0/s1. The summed E-state index contributed by atoms with van der Waals surface area (Å²) >= 11 is 0. The molecule has 2 N–H and O–H groups in total. The van der Waals surface area contributed by atoms with E-state index in [1.54, 1.807) is 13.3 Å². The molecular weight excluding hydrogens is 300 g/mol. The number of benzene rings is 1. The smallest absolute Gasteiger partial charge is 0.119 e. The largest absolute Gasteiger partial charge is 0.497 e. The zero-order chi connectivity index (χ0) is 16.9. The molecule has 0 amide bonds. The first-order valence-electron chi connectivity index (χ1n) is 8.67. The number of aliphatic hydroxyl groups excluding tert-OH is 1. The van der Waals surface area contributed by atoms with Gasteiger partial charge in [0, 0.05) is 18.1 Å². The Morgan fingerprint density at radius 2 is 2.33 bits per heavy atom. The highest BCUT2D eigenvalue weighted by molar-refractivity contribution is 5.83. The third kappa shape index (κ3) is 3.60. The zero-order valence-electron chi connectivity index (χ0n) is 14.2. The molecule has 128 valence electrons. The molecule has 3 atom stereocenters. The highest BCUT2D eigenvalue weighted by atomic mass is 16.5. The lowest BCUT2D eigenvalue weighted by Gasteiger charge is -2.30. The number of nitrogens with one attached hydrogen (secondary N) is 1. The normalized spacial score (nSPS) is 22.2. The van der Waals surface area contributed by atoms with Gasteiger partial charge in [0.05, 0.1) is 18.7 Å². The summed E-state index contributed by atoms with van der Waals surface area (Å²) in [6.45, 7) is 6.01. The van der Waals surface area contributed by atoms with Crippen molar-refractivity contribution < 1.29 is 9.84 Å². The van der Waals surface area contributed by atoms with E-state index in [9.17, 15) is 5.11 Å². The number of ether oxygens (including phenoxy) is 1. The summed E-state index contributed by atoms with van der Waals surface area (Å²) in [5, 5.41) is 15.1. The van der Waals surface area contributed by atoms with Gasteiger partial charge >= 0.3 is 0 Å². The molecule has 1 saturated heterocycles. The topological polar surface area (TPSA) is 54.4 Å². The molecule has 0 saturated carbocycles. The van der Waals surface area contributed by atoms with Crippen LogP contribution in [0.2, 0.25) is 0 Å². The van der Waals surface area contributed by atoms with Gasteiger partial charge < -0.3 is 15.2 Å². The first kappa shape index (κ1) is 16.9. The summed E-state index contributed by atoms with van der Waals surface area (Å²) in [6.07, 6.45) is 6.25. The van der Waals surface area contributed by atoms with Crippen LogP contribution >= 0.6 is 0 Å². The van der Waals surface area contributed by atoms with Crippen LogP contribution in [0.15, 0.2) is 43.1 Å². The quantitative estimate of drug-likeness (QED) is 0.798. The van der Waals surface area contributed by atoms with Crippen molar-refractivity contribution in [1.82, 2.24) is 10.3 Å². The van der Waals surface area contributed by atoms with Crippen LogP contribution in [0.5, 0.6) is 5.75 Å². The Kier molecular flexibility index (Phi) is 5.48. The van der Waals surface area contributed by atoms with Crippen LogP contribution < -0.4 is 10.1 Å². The number of hydrogen-bond acceptors (Lipinski definition) is 4. The van der Waals surface area contributed by atoms with E-state index in [2.05, 4.69) is 23.0 Å². The second-order valence-corrected chi connectivity index (χ2v) is 6.53. The summed E-state index contributed by atoms with van der Waals surface area (Å²) < 4.78 is 5.31. The van der Waals surface area contributed by atoms with Crippen molar-refractivity contribution in [2.75, 3.05) is 20.2 Å². The molecule has 1 aliphatic heterocycles. The maximum atomic E-state index is 10.8. The van der Waals surface area contributed by atoms with E-state index in [0.29, 0.717) is 11.8 Å². The fourth-order valence-electron chi connectivity index (χ4n) is 3.66. The first-order valence-corrected chi connectivity index (χ1v) is 8.67. The van der Waals surface area contributed by atoms with Crippen molar-refractivity contribution in [2.45, 2.75) is 25.4 Å². The molecule has 0 aliphatic carbocycles. The van der Waals surface area contributed by atoms with E-state index in [4.69, 9.17) is 4.74 Å². The van der Waals surface area contributed by atoms with Crippen molar-refractivity contribution in [2.24, 2.45) is 11.8 Å². The average molecular weight is 326 g/mol. The van der Waals surface area contributed by atoms with Crippen LogP contribution in [0.3, 0.4) is 0 Å². The molecule has 1 fully saturated rings. The number of rotatable bonds is 6. The number of pyridine rings is 1. The Morgan fingerprint density at radius 3 is 3.12 bits per heavy atom. The second kappa shape index (κ2) is 7.77. The number of nitrogens with zero attached hydrogens (tertiary/aromatic N) is 1. The lowest BCUT2D eigenvalue weighted by Crippen LogP contribution is -2.35. The Hall–Kier alpha value is -1.91. The highest BCUT2D eigenvalue weighted by Gasteiger charge is 2.23. The van der Waals surface area contributed by atoms with Gasteiger partial charge in [-0.3, -0.25) is 4.98 Å². The Labute approximate surface area is 143 Å². The number of aromatic nitrogens is 1. The third-order valence-corrected chi connectivity index (χ3v) is 5.13. The predicted molar refractivity (Wildman–Crippen MR) is 97.2 cm³/mol. The van der Waals surface area contributed by atoms with Gasteiger partial charge in [-0.25, -0.2) is 0 Å². The van der Waals surface area contributed by atoms with E-state index in [0.717, 1.165) is 54.6 Å². The average Bonchev–Trinajstić information content (AvgIpc) is 2.65.